The van der Waals surface area contributed by atoms with Crippen LogP contribution in [0, 0.1) is 0 Å². The van der Waals surface area contributed by atoms with E-state index in [0.717, 1.165) is 12.1 Å². The molecule has 2 nitrogen and oxygen atoms in total. The van der Waals surface area contributed by atoms with Gasteiger partial charge in [0.15, 0.2) is 0 Å². The molecule has 0 N–H and O–H groups in total. The summed E-state index contributed by atoms with van der Waals surface area (Å²) in [7, 11) is 0. The van der Waals surface area contributed by atoms with Gasteiger partial charge in [0.25, 0.3) is 5.60 Å². The van der Waals surface area contributed by atoms with Crippen LogP contribution >= 0.6 is 34.8 Å². The molecule has 0 spiro atoms. The zero-order chi connectivity index (χ0) is 17.5. The van der Waals surface area contributed by atoms with Crippen LogP contribution in [-0.4, -0.2) is 11.9 Å². The van der Waals surface area contributed by atoms with E-state index >= 15 is 0 Å². The highest BCUT2D eigenvalue weighted by atomic mass is 35.5. The van der Waals surface area contributed by atoms with Crippen molar-refractivity contribution in [3.05, 3.63) is 68.7 Å². The van der Waals surface area contributed by atoms with E-state index in [4.69, 9.17) is 39.6 Å². The van der Waals surface area contributed by atoms with Crippen molar-refractivity contribution in [1.29, 1.82) is 0 Å². The summed E-state index contributed by atoms with van der Waals surface area (Å²) in [5, 5.41) is 3.48. The summed E-state index contributed by atoms with van der Waals surface area (Å²) in [5.41, 5.74) is -2.16. The topological polar surface area (TPSA) is 21.6 Å². The number of benzene rings is 2. The van der Waals surface area contributed by atoms with Crippen LogP contribution in [-0.2, 0) is 10.4 Å². The molecule has 0 saturated carbocycles. The van der Waals surface area contributed by atoms with Crippen molar-refractivity contribution in [3.8, 4) is 0 Å². The Labute approximate surface area is 150 Å². The molecule has 1 atom stereocenters. The summed E-state index contributed by atoms with van der Waals surface area (Å²) in [4.78, 5) is 4.91. The van der Waals surface area contributed by atoms with Gasteiger partial charge in [-0.2, -0.15) is 13.2 Å². The average molecular weight is 395 g/mol. The normalized spacial score (nSPS) is 20.7. The molecule has 0 radical (unpaired) electrons. The Bertz CT molecular complexity index is 785. The van der Waals surface area contributed by atoms with Crippen molar-refractivity contribution >= 4 is 40.5 Å². The van der Waals surface area contributed by atoms with E-state index in [2.05, 4.69) is 5.16 Å². The molecule has 2 aromatic rings. The maximum absolute atomic E-state index is 13.8. The third kappa shape index (κ3) is 2.85. The van der Waals surface area contributed by atoms with Crippen LogP contribution in [0.25, 0.3) is 0 Å². The molecule has 0 fully saturated rings. The highest BCUT2D eigenvalue weighted by Gasteiger charge is 2.62. The first-order chi connectivity index (χ1) is 11.2. The zero-order valence-corrected chi connectivity index (χ0v) is 14.1. The minimum absolute atomic E-state index is 0.0124. The van der Waals surface area contributed by atoms with Gasteiger partial charge in [-0.05, 0) is 17.7 Å². The summed E-state index contributed by atoms with van der Waals surface area (Å²) in [6, 6.07) is 10.7. The summed E-state index contributed by atoms with van der Waals surface area (Å²) >= 11 is 17.6. The average Bonchev–Trinajstić information content (AvgIpc) is 2.99. The molecule has 126 valence electrons. The molecular formula is C16H9Cl3F3NO. The van der Waals surface area contributed by atoms with Crippen LogP contribution in [0.2, 0.25) is 15.1 Å². The number of rotatable bonds is 2. The Kier molecular flexibility index (Phi) is 4.45. The van der Waals surface area contributed by atoms with Crippen molar-refractivity contribution in [1.82, 2.24) is 0 Å². The molecule has 0 bridgehead atoms. The lowest BCUT2D eigenvalue weighted by atomic mass is 9.86. The van der Waals surface area contributed by atoms with E-state index in [1.165, 1.54) is 0 Å². The molecule has 3 rings (SSSR count). The minimum atomic E-state index is -4.73. The fourth-order valence-corrected chi connectivity index (χ4v) is 3.07. The summed E-state index contributed by atoms with van der Waals surface area (Å²) < 4.78 is 41.5. The molecule has 0 aromatic heterocycles. The molecule has 0 amide bonds. The Balaban J connectivity index is 2.07. The predicted molar refractivity (Wildman–Crippen MR) is 87.9 cm³/mol. The van der Waals surface area contributed by atoms with Crippen molar-refractivity contribution in [2.24, 2.45) is 5.16 Å². The molecule has 1 aliphatic heterocycles. The van der Waals surface area contributed by atoms with E-state index in [1.54, 1.807) is 30.3 Å². The van der Waals surface area contributed by atoms with Gasteiger partial charge in [0.1, 0.15) is 0 Å². The number of hydrogen-bond donors (Lipinski definition) is 0. The minimum Gasteiger partial charge on any atom is -0.374 e. The fourth-order valence-electron chi connectivity index (χ4n) is 2.48. The van der Waals surface area contributed by atoms with Gasteiger partial charge in [0, 0.05) is 12.0 Å². The number of hydrogen-bond acceptors (Lipinski definition) is 2. The lowest BCUT2D eigenvalue weighted by Crippen LogP contribution is -2.42. The second-order valence-corrected chi connectivity index (χ2v) is 6.44. The lowest BCUT2D eigenvalue weighted by Gasteiger charge is -2.29. The van der Waals surface area contributed by atoms with Crippen molar-refractivity contribution in [2.45, 2.75) is 18.2 Å². The quantitative estimate of drug-likeness (QED) is 0.553. The van der Waals surface area contributed by atoms with Gasteiger partial charge >= 0.3 is 6.18 Å². The highest BCUT2D eigenvalue weighted by Crippen LogP contribution is 2.50. The molecule has 1 heterocycles. The molecule has 0 saturated heterocycles. The van der Waals surface area contributed by atoms with E-state index < -0.39 is 18.2 Å². The van der Waals surface area contributed by atoms with Gasteiger partial charge in [-0.25, -0.2) is 0 Å². The molecule has 24 heavy (non-hydrogen) atoms. The maximum Gasteiger partial charge on any atom is 0.435 e. The van der Waals surface area contributed by atoms with Gasteiger partial charge in [-0.15, -0.1) is 0 Å². The van der Waals surface area contributed by atoms with Crippen LogP contribution in [0.5, 0.6) is 0 Å². The third-order valence-corrected chi connectivity index (χ3v) is 4.94. The first-order valence-corrected chi connectivity index (χ1v) is 7.90. The number of alkyl halides is 3. The summed E-state index contributed by atoms with van der Waals surface area (Å²) in [6.45, 7) is 0. The van der Waals surface area contributed by atoms with Gasteiger partial charge in [0.2, 0.25) is 0 Å². The number of nitrogens with zero attached hydrogens (tertiary/aromatic N) is 1. The molecule has 1 unspecified atom stereocenters. The summed E-state index contributed by atoms with van der Waals surface area (Å²) in [6.07, 6.45) is -5.22. The van der Waals surface area contributed by atoms with Gasteiger partial charge in [-0.3, -0.25) is 0 Å². The van der Waals surface area contributed by atoms with Gasteiger partial charge < -0.3 is 4.84 Å². The summed E-state index contributed by atoms with van der Waals surface area (Å²) in [5.74, 6) is 0. The van der Waals surface area contributed by atoms with Gasteiger partial charge in [-0.1, -0.05) is 70.3 Å². The van der Waals surface area contributed by atoms with Crippen molar-refractivity contribution in [2.75, 3.05) is 0 Å². The van der Waals surface area contributed by atoms with E-state index in [-0.39, 0.29) is 26.3 Å². The number of halogens is 6. The van der Waals surface area contributed by atoms with Crippen molar-refractivity contribution < 1.29 is 18.0 Å². The highest BCUT2D eigenvalue weighted by molar-refractivity contribution is 6.48. The Morgan fingerprint density at radius 1 is 1.00 bits per heavy atom. The third-order valence-electron chi connectivity index (χ3n) is 3.74. The lowest BCUT2D eigenvalue weighted by molar-refractivity contribution is -0.275. The van der Waals surface area contributed by atoms with Crippen LogP contribution < -0.4 is 0 Å². The molecule has 2 aromatic carbocycles. The molecule has 0 aliphatic carbocycles. The SMILES string of the molecule is FC(F)(F)C1(c2cc(Cl)c(Cl)c(Cl)c2)CC(c2ccccc2)=NO1. The van der Waals surface area contributed by atoms with Crippen LogP contribution in [0.4, 0.5) is 13.2 Å². The Hall–Kier alpha value is -1.43. The van der Waals surface area contributed by atoms with E-state index in [0.29, 0.717) is 5.56 Å². The standard InChI is InChI=1S/C16H9Cl3F3NO/c17-11-6-10(7-12(18)14(11)19)15(16(20,21)22)8-13(23-24-15)9-4-2-1-3-5-9/h1-7H,8H2. The second kappa shape index (κ2) is 6.14. The largest absolute Gasteiger partial charge is 0.435 e. The van der Waals surface area contributed by atoms with Crippen LogP contribution in [0.15, 0.2) is 47.6 Å². The zero-order valence-electron chi connectivity index (χ0n) is 11.9. The second-order valence-electron chi connectivity index (χ2n) is 5.25. The smallest absolute Gasteiger partial charge is 0.374 e. The Morgan fingerprint density at radius 2 is 1.58 bits per heavy atom. The molecule has 8 heteroatoms. The monoisotopic (exact) mass is 393 g/mol. The Morgan fingerprint density at radius 3 is 2.12 bits per heavy atom. The first kappa shape index (κ1) is 17.4. The molecular weight excluding hydrogens is 386 g/mol. The van der Waals surface area contributed by atoms with Gasteiger partial charge in [0.05, 0.1) is 20.8 Å². The van der Waals surface area contributed by atoms with E-state index in [9.17, 15) is 13.2 Å². The maximum atomic E-state index is 13.8. The predicted octanol–water partition coefficient (Wildman–Crippen LogP) is 6.23. The number of oxime groups is 1. The first-order valence-electron chi connectivity index (χ1n) is 6.77. The molecule has 1 aliphatic rings. The fraction of sp³-hybridized carbons (Fsp3) is 0.188. The van der Waals surface area contributed by atoms with Crippen LogP contribution in [0.3, 0.4) is 0 Å². The van der Waals surface area contributed by atoms with Crippen LogP contribution in [0.1, 0.15) is 17.5 Å². The van der Waals surface area contributed by atoms with E-state index in [1.807, 2.05) is 0 Å². The van der Waals surface area contributed by atoms with Crippen molar-refractivity contribution in [3.63, 3.8) is 0 Å².